The average molecular weight is 260 g/mol. The molecule has 0 radical (unpaired) electrons. The van der Waals surface area contributed by atoms with E-state index in [1.165, 1.54) is 0 Å². The van der Waals surface area contributed by atoms with E-state index in [0.717, 1.165) is 24.9 Å². The minimum absolute atomic E-state index is 0.131. The fourth-order valence-corrected chi connectivity index (χ4v) is 2.45. The summed E-state index contributed by atoms with van der Waals surface area (Å²) in [6.45, 7) is 1.39. The summed E-state index contributed by atoms with van der Waals surface area (Å²) in [5, 5.41) is 0. The van der Waals surface area contributed by atoms with Crippen LogP contribution in [0.15, 0.2) is 22.6 Å². The third-order valence-electron chi connectivity index (χ3n) is 3.50. The number of fused-ring (bicyclic) bond motifs is 1. The third kappa shape index (κ3) is 2.21. The molecule has 2 aromatic rings. The molecule has 6 heteroatoms. The molecule has 19 heavy (non-hydrogen) atoms. The van der Waals surface area contributed by atoms with Crippen LogP contribution in [0.3, 0.4) is 0 Å². The average Bonchev–Trinajstić information content (AvgIpc) is 2.81. The van der Waals surface area contributed by atoms with Crippen LogP contribution >= 0.6 is 0 Å². The zero-order valence-electron chi connectivity index (χ0n) is 10.5. The maximum absolute atomic E-state index is 11.3. The van der Waals surface area contributed by atoms with Gasteiger partial charge in [-0.2, -0.15) is 4.98 Å². The summed E-state index contributed by atoms with van der Waals surface area (Å²) in [6, 6.07) is 5.90. The zero-order valence-corrected chi connectivity index (χ0v) is 10.5. The van der Waals surface area contributed by atoms with Gasteiger partial charge in [-0.3, -0.25) is 4.79 Å². The van der Waals surface area contributed by atoms with E-state index in [2.05, 4.69) is 4.98 Å². The maximum atomic E-state index is 11.3. The molecular formula is C13H16N4O2. The first-order chi connectivity index (χ1) is 9.13. The van der Waals surface area contributed by atoms with Gasteiger partial charge in [0.25, 0.3) is 6.01 Å². The summed E-state index contributed by atoms with van der Waals surface area (Å²) in [6.07, 6.45) is 1.74. The van der Waals surface area contributed by atoms with Crippen molar-refractivity contribution in [1.29, 1.82) is 0 Å². The molecule has 4 N–H and O–H groups in total. The van der Waals surface area contributed by atoms with E-state index in [4.69, 9.17) is 15.9 Å². The molecule has 0 saturated carbocycles. The second-order valence-corrected chi connectivity index (χ2v) is 4.91. The molecule has 1 unspecified atom stereocenters. The van der Waals surface area contributed by atoms with Crippen molar-refractivity contribution in [3.05, 3.63) is 18.2 Å². The highest BCUT2D eigenvalue weighted by molar-refractivity contribution is 5.79. The minimum Gasteiger partial charge on any atom is -0.423 e. The second-order valence-electron chi connectivity index (χ2n) is 4.91. The molecule has 1 saturated heterocycles. The number of nitrogens with zero attached hydrogens (tertiary/aromatic N) is 2. The Morgan fingerprint density at radius 3 is 3.11 bits per heavy atom. The van der Waals surface area contributed by atoms with Crippen molar-refractivity contribution in [1.82, 2.24) is 4.98 Å². The Labute approximate surface area is 110 Å². The van der Waals surface area contributed by atoms with Gasteiger partial charge in [-0.25, -0.2) is 0 Å². The summed E-state index contributed by atoms with van der Waals surface area (Å²) in [5.41, 5.74) is 13.2. The van der Waals surface area contributed by atoms with Crippen LogP contribution in [0.1, 0.15) is 12.8 Å². The first-order valence-electron chi connectivity index (χ1n) is 6.34. The summed E-state index contributed by atoms with van der Waals surface area (Å²) in [7, 11) is 0. The van der Waals surface area contributed by atoms with Gasteiger partial charge in [-0.1, -0.05) is 0 Å². The van der Waals surface area contributed by atoms with Gasteiger partial charge in [-0.15, -0.1) is 0 Å². The van der Waals surface area contributed by atoms with Crippen molar-refractivity contribution in [2.45, 2.75) is 12.8 Å². The van der Waals surface area contributed by atoms with Crippen LogP contribution in [0.2, 0.25) is 0 Å². The Kier molecular flexibility index (Phi) is 2.77. The number of anilines is 2. The monoisotopic (exact) mass is 260 g/mol. The predicted octanol–water partition coefficient (Wildman–Crippen LogP) is 1.11. The van der Waals surface area contributed by atoms with Crippen LogP contribution in [0, 0.1) is 5.92 Å². The molecule has 1 aromatic heterocycles. The number of amides is 1. The molecule has 0 bridgehead atoms. The van der Waals surface area contributed by atoms with Gasteiger partial charge < -0.3 is 20.8 Å². The van der Waals surface area contributed by atoms with Gasteiger partial charge >= 0.3 is 0 Å². The molecule has 1 aliphatic rings. The Bertz CT molecular complexity index is 622. The quantitative estimate of drug-likeness (QED) is 0.788. The number of carbonyl (C=O) groups excluding carboxylic acids is 1. The van der Waals surface area contributed by atoms with Crippen LogP contribution in [0.5, 0.6) is 0 Å². The van der Waals surface area contributed by atoms with E-state index in [1.807, 2.05) is 11.0 Å². The maximum Gasteiger partial charge on any atom is 0.298 e. The number of primary amides is 1. The molecule has 0 aliphatic carbocycles. The minimum atomic E-state index is -0.259. The van der Waals surface area contributed by atoms with Crippen molar-refractivity contribution in [3.63, 3.8) is 0 Å². The van der Waals surface area contributed by atoms with Gasteiger partial charge in [0.15, 0.2) is 5.58 Å². The molecule has 1 fully saturated rings. The third-order valence-corrected chi connectivity index (χ3v) is 3.50. The molecule has 6 nitrogen and oxygen atoms in total. The molecule has 2 heterocycles. The van der Waals surface area contributed by atoms with Crippen molar-refractivity contribution in [2.24, 2.45) is 11.7 Å². The van der Waals surface area contributed by atoms with Crippen LogP contribution in [-0.2, 0) is 4.79 Å². The van der Waals surface area contributed by atoms with E-state index < -0.39 is 0 Å². The molecule has 100 valence electrons. The second kappa shape index (κ2) is 4.46. The smallest absolute Gasteiger partial charge is 0.298 e. The number of aromatic nitrogens is 1. The number of carbonyl (C=O) groups is 1. The summed E-state index contributed by atoms with van der Waals surface area (Å²) in [4.78, 5) is 17.7. The summed E-state index contributed by atoms with van der Waals surface area (Å²) < 4.78 is 5.70. The fourth-order valence-electron chi connectivity index (χ4n) is 2.45. The van der Waals surface area contributed by atoms with Crippen molar-refractivity contribution in [3.8, 4) is 0 Å². The lowest BCUT2D eigenvalue weighted by atomic mass is 9.98. The van der Waals surface area contributed by atoms with Crippen molar-refractivity contribution < 1.29 is 9.21 Å². The predicted molar refractivity (Wildman–Crippen MR) is 72.6 cm³/mol. The highest BCUT2D eigenvalue weighted by atomic mass is 16.4. The molecule has 0 spiro atoms. The number of benzene rings is 1. The normalized spacial score (nSPS) is 19.8. The molecule has 1 aromatic carbocycles. The number of nitrogen functional groups attached to an aromatic ring is 1. The number of nitrogens with two attached hydrogens (primary N) is 2. The van der Waals surface area contributed by atoms with E-state index in [9.17, 15) is 4.79 Å². The van der Waals surface area contributed by atoms with Crippen molar-refractivity contribution >= 4 is 28.7 Å². The first-order valence-corrected chi connectivity index (χ1v) is 6.34. The van der Waals surface area contributed by atoms with Crippen molar-refractivity contribution in [2.75, 3.05) is 23.7 Å². The van der Waals surface area contributed by atoms with Gasteiger partial charge in [0.2, 0.25) is 5.91 Å². The number of hydrogen-bond donors (Lipinski definition) is 2. The number of hydrogen-bond acceptors (Lipinski definition) is 5. The Hall–Kier alpha value is -2.24. The number of rotatable bonds is 2. The summed E-state index contributed by atoms with van der Waals surface area (Å²) in [5.74, 6) is -0.390. The lowest BCUT2D eigenvalue weighted by molar-refractivity contribution is -0.122. The van der Waals surface area contributed by atoms with Crippen LogP contribution < -0.4 is 16.4 Å². The topological polar surface area (TPSA) is 98.4 Å². The SMILES string of the molecule is NC(=O)C1CCCN(c2nc3ccc(N)cc3o2)C1. The highest BCUT2D eigenvalue weighted by Gasteiger charge is 2.26. The van der Waals surface area contributed by atoms with Crippen LogP contribution in [0.4, 0.5) is 11.7 Å². The number of piperidine rings is 1. The van der Waals surface area contributed by atoms with Gasteiger partial charge in [-0.05, 0) is 25.0 Å². The molecule has 1 aliphatic heterocycles. The molecule has 3 rings (SSSR count). The van der Waals surface area contributed by atoms with Gasteiger partial charge in [0, 0.05) is 24.8 Å². The Balaban J connectivity index is 1.89. The fraction of sp³-hybridized carbons (Fsp3) is 0.385. The van der Waals surface area contributed by atoms with E-state index in [-0.39, 0.29) is 11.8 Å². The lowest BCUT2D eigenvalue weighted by Gasteiger charge is -2.29. The summed E-state index contributed by atoms with van der Waals surface area (Å²) >= 11 is 0. The number of oxazole rings is 1. The standard InChI is InChI=1S/C13H16N4O2/c14-9-3-4-10-11(6-9)19-13(16-10)17-5-1-2-8(7-17)12(15)18/h3-4,6,8H,1-2,5,7,14H2,(H2,15,18). The van der Waals surface area contributed by atoms with Gasteiger partial charge in [0.1, 0.15) is 5.52 Å². The Morgan fingerprint density at radius 2 is 2.32 bits per heavy atom. The largest absolute Gasteiger partial charge is 0.423 e. The molecular weight excluding hydrogens is 244 g/mol. The van der Waals surface area contributed by atoms with Gasteiger partial charge in [0.05, 0.1) is 5.92 Å². The molecule has 1 atom stereocenters. The first kappa shape index (κ1) is 11.8. The highest BCUT2D eigenvalue weighted by Crippen LogP contribution is 2.27. The molecule has 1 amide bonds. The van der Waals surface area contributed by atoms with E-state index >= 15 is 0 Å². The zero-order chi connectivity index (χ0) is 13.4. The van der Waals surface area contributed by atoms with E-state index in [0.29, 0.717) is 23.8 Å². The van der Waals surface area contributed by atoms with Crippen LogP contribution in [0.25, 0.3) is 11.1 Å². The van der Waals surface area contributed by atoms with Crippen LogP contribution in [-0.4, -0.2) is 24.0 Å². The van der Waals surface area contributed by atoms with E-state index in [1.54, 1.807) is 12.1 Å². The Morgan fingerprint density at radius 1 is 1.47 bits per heavy atom. The lowest BCUT2D eigenvalue weighted by Crippen LogP contribution is -2.41.